The summed E-state index contributed by atoms with van der Waals surface area (Å²) in [5.41, 5.74) is 3.16. The Morgan fingerprint density at radius 1 is 1.07 bits per heavy atom. The first-order valence-electron chi connectivity index (χ1n) is 4.15. The molecule has 0 fully saturated rings. The van der Waals surface area contributed by atoms with Crippen LogP contribution in [0.5, 0.6) is 0 Å². The van der Waals surface area contributed by atoms with Crippen molar-refractivity contribution in [3.8, 4) is 11.4 Å². The van der Waals surface area contributed by atoms with Crippen molar-refractivity contribution in [2.24, 2.45) is 0 Å². The molecule has 0 atom stereocenters. The highest BCUT2D eigenvalue weighted by Crippen LogP contribution is 2.26. The first-order valence-corrected chi connectivity index (χ1v) is 4.15. The Labute approximate surface area is 78.9 Å². The molecule has 0 bridgehead atoms. The summed E-state index contributed by atoms with van der Waals surface area (Å²) < 4.78 is 0. The summed E-state index contributed by atoms with van der Waals surface area (Å²) in [5.74, 6) is 0. The van der Waals surface area contributed by atoms with Crippen LogP contribution in [0, 0.1) is 5.41 Å². The smallest absolute Gasteiger partial charge is 0.142 e. The predicted octanol–water partition coefficient (Wildman–Crippen LogP) is 0.186. The average Bonchev–Trinajstić information content (AvgIpc) is 2.67. The zero-order valence-electron chi connectivity index (χ0n) is 7.15. The van der Waals surface area contributed by atoms with Crippen LogP contribution in [0.1, 0.15) is 11.4 Å². The first-order chi connectivity index (χ1) is 6.86. The Kier molecular flexibility index (Phi) is 1.27. The minimum atomic E-state index is 0.432. The fourth-order valence-corrected chi connectivity index (χ4v) is 1.55. The molecular weight excluding hydrogens is 180 g/mol. The predicted molar refractivity (Wildman–Crippen MR) is 47.9 cm³/mol. The molecule has 3 rings (SSSR count). The minimum Gasteiger partial charge on any atom is -0.302 e. The van der Waals surface area contributed by atoms with Gasteiger partial charge < -0.3 is 5.41 Å². The maximum absolute atomic E-state index is 7.73. The van der Waals surface area contributed by atoms with E-state index >= 15 is 0 Å². The lowest BCUT2D eigenvalue weighted by Gasteiger charge is -2.11. The number of H-pyrrole nitrogens is 1. The first kappa shape index (κ1) is 7.31. The van der Waals surface area contributed by atoms with Crippen molar-refractivity contribution in [2.75, 3.05) is 0 Å². The molecule has 68 valence electrons. The summed E-state index contributed by atoms with van der Waals surface area (Å²) in [5, 5.41) is 18.1. The molecule has 0 saturated heterocycles. The summed E-state index contributed by atoms with van der Waals surface area (Å²) >= 11 is 0. The van der Waals surface area contributed by atoms with Crippen molar-refractivity contribution in [3.05, 3.63) is 23.8 Å². The lowest BCUT2D eigenvalue weighted by molar-refractivity contribution is 0.938. The van der Waals surface area contributed by atoms with Gasteiger partial charge in [0.2, 0.25) is 0 Å². The van der Waals surface area contributed by atoms with Crippen LogP contribution in [0.2, 0.25) is 0 Å². The lowest BCUT2D eigenvalue weighted by atomic mass is 9.99. The number of hydrogen-bond donors (Lipinski definition) is 2. The monoisotopic (exact) mass is 186 g/mol. The van der Waals surface area contributed by atoms with E-state index in [0.29, 0.717) is 23.5 Å². The van der Waals surface area contributed by atoms with Gasteiger partial charge in [0.25, 0.3) is 0 Å². The number of aromatic amines is 1. The molecule has 0 aliphatic heterocycles. The molecule has 0 radical (unpaired) electrons. The molecule has 0 saturated carbocycles. The second-order valence-electron chi connectivity index (χ2n) is 3.03. The second kappa shape index (κ2) is 2.44. The van der Waals surface area contributed by atoms with Crippen molar-refractivity contribution >= 4 is 5.71 Å². The number of aromatic nitrogens is 5. The maximum atomic E-state index is 7.73. The number of nitrogens with one attached hydrogen (secondary N) is 2. The zero-order chi connectivity index (χ0) is 9.54. The summed E-state index contributed by atoms with van der Waals surface area (Å²) in [6.45, 7) is 0. The van der Waals surface area contributed by atoms with Gasteiger partial charge in [-0.05, 0) is 0 Å². The van der Waals surface area contributed by atoms with Crippen molar-refractivity contribution in [2.45, 2.75) is 6.42 Å². The third kappa shape index (κ3) is 0.819. The molecule has 1 aliphatic carbocycles. The van der Waals surface area contributed by atoms with Crippen molar-refractivity contribution in [1.29, 1.82) is 5.41 Å². The van der Waals surface area contributed by atoms with Gasteiger partial charge in [0, 0.05) is 18.8 Å². The van der Waals surface area contributed by atoms with E-state index in [0.717, 1.165) is 11.4 Å². The topological polar surface area (TPSA) is 91.2 Å². The molecule has 2 aromatic rings. The number of rotatable bonds is 0. The third-order valence-corrected chi connectivity index (χ3v) is 2.18. The van der Waals surface area contributed by atoms with E-state index in [1.54, 1.807) is 12.4 Å². The van der Waals surface area contributed by atoms with Gasteiger partial charge in [-0.15, -0.1) is 0 Å². The van der Waals surface area contributed by atoms with Crippen LogP contribution in [0.4, 0.5) is 0 Å². The SMILES string of the molecule is N=C1Cc2nccnc2-c2n[nH]nc21. The molecule has 6 nitrogen and oxygen atoms in total. The largest absolute Gasteiger partial charge is 0.302 e. The number of nitrogens with zero attached hydrogens (tertiary/aromatic N) is 4. The normalized spacial score (nSPS) is 13.6. The Morgan fingerprint density at radius 3 is 2.79 bits per heavy atom. The van der Waals surface area contributed by atoms with E-state index < -0.39 is 0 Å². The summed E-state index contributed by atoms with van der Waals surface area (Å²) in [7, 11) is 0. The van der Waals surface area contributed by atoms with E-state index in [4.69, 9.17) is 5.41 Å². The van der Waals surface area contributed by atoms with E-state index in [1.807, 2.05) is 0 Å². The fraction of sp³-hybridized carbons (Fsp3) is 0.125. The van der Waals surface area contributed by atoms with Gasteiger partial charge >= 0.3 is 0 Å². The number of fused-ring (bicyclic) bond motifs is 3. The minimum absolute atomic E-state index is 0.432. The van der Waals surface area contributed by atoms with Crippen LogP contribution >= 0.6 is 0 Å². The summed E-state index contributed by atoms with van der Waals surface area (Å²) in [6, 6.07) is 0. The van der Waals surface area contributed by atoms with Gasteiger partial charge in [-0.3, -0.25) is 9.97 Å². The van der Waals surface area contributed by atoms with Crippen LogP contribution in [-0.2, 0) is 6.42 Å². The van der Waals surface area contributed by atoms with Gasteiger partial charge in [0.1, 0.15) is 17.1 Å². The van der Waals surface area contributed by atoms with Gasteiger partial charge in [-0.1, -0.05) is 0 Å². The molecule has 2 N–H and O–H groups in total. The van der Waals surface area contributed by atoms with Crippen molar-refractivity contribution in [3.63, 3.8) is 0 Å². The highest BCUT2D eigenvalue weighted by atomic mass is 15.3. The molecular formula is C8H6N6. The number of hydrogen-bond acceptors (Lipinski definition) is 5. The average molecular weight is 186 g/mol. The fourth-order valence-electron chi connectivity index (χ4n) is 1.55. The van der Waals surface area contributed by atoms with E-state index in [2.05, 4.69) is 25.4 Å². The molecule has 6 heteroatoms. The summed E-state index contributed by atoms with van der Waals surface area (Å²) in [6.07, 6.45) is 3.71. The van der Waals surface area contributed by atoms with Crippen LogP contribution in [0.3, 0.4) is 0 Å². The maximum Gasteiger partial charge on any atom is 0.142 e. The highest BCUT2D eigenvalue weighted by Gasteiger charge is 2.25. The van der Waals surface area contributed by atoms with Crippen molar-refractivity contribution < 1.29 is 0 Å². The molecule has 2 heterocycles. The highest BCUT2D eigenvalue weighted by molar-refractivity contribution is 6.05. The van der Waals surface area contributed by atoms with Crippen molar-refractivity contribution in [1.82, 2.24) is 25.4 Å². The van der Waals surface area contributed by atoms with E-state index in [9.17, 15) is 0 Å². The van der Waals surface area contributed by atoms with Gasteiger partial charge in [0.05, 0.1) is 11.4 Å². The van der Waals surface area contributed by atoms with Gasteiger partial charge in [-0.2, -0.15) is 15.4 Å². The molecule has 0 unspecified atom stereocenters. The Balaban J connectivity index is 2.34. The second-order valence-corrected chi connectivity index (χ2v) is 3.03. The third-order valence-electron chi connectivity index (χ3n) is 2.18. The van der Waals surface area contributed by atoms with Gasteiger partial charge in [-0.25, -0.2) is 0 Å². The molecule has 1 aliphatic rings. The van der Waals surface area contributed by atoms with Crippen LogP contribution < -0.4 is 0 Å². The Hall–Kier alpha value is -2.11. The van der Waals surface area contributed by atoms with E-state index in [-0.39, 0.29) is 0 Å². The van der Waals surface area contributed by atoms with E-state index in [1.165, 1.54) is 0 Å². The van der Waals surface area contributed by atoms with Gasteiger partial charge in [0.15, 0.2) is 0 Å². The molecule has 0 spiro atoms. The molecule has 0 amide bonds. The Bertz CT molecular complexity index is 514. The molecule has 14 heavy (non-hydrogen) atoms. The summed E-state index contributed by atoms with van der Waals surface area (Å²) in [4.78, 5) is 8.35. The lowest BCUT2D eigenvalue weighted by Crippen LogP contribution is -2.14. The zero-order valence-corrected chi connectivity index (χ0v) is 7.15. The van der Waals surface area contributed by atoms with Crippen LogP contribution in [-0.4, -0.2) is 31.1 Å². The van der Waals surface area contributed by atoms with Crippen LogP contribution in [0.25, 0.3) is 11.4 Å². The quantitative estimate of drug-likeness (QED) is 0.614. The molecule has 0 aromatic carbocycles. The van der Waals surface area contributed by atoms with Crippen LogP contribution in [0.15, 0.2) is 12.4 Å². The molecule has 2 aromatic heterocycles. The Morgan fingerprint density at radius 2 is 1.86 bits per heavy atom. The standard InChI is InChI=1S/C8H6N6/c9-4-3-5-7(11-2-1-10-5)8-6(4)12-14-13-8/h1-2,9H,3H2,(H,12,13,14).